The van der Waals surface area contributed by atoms with E-state index in [1.54, 1.807) is 0 Å². The van der Waals surface area contributed by atoms with Crippen LogP contribution in [0.3, 0.4) is 0 Å². The lowest BCUT2D eigenvalue weighted by Gasteiger charge is -2.40. The van der Waals surface area contributed by atoms with Crippen molar-refractivity contribution in [3.63, 3.8) is 0 Å². The van der Waals surface area contributed by atoms with Crippen LogP contribution >= 0.6 is 0 Å². The summed E-state index contributed by atoms with van der Waals surface area (Å²) in [5, 5.41) is 0. The van der Waals surface area contributed by atoms with Gasteiger partial charge in [-0.25, -0.2) is 0 Å². The molecule has 0 radical (unpaired) electrons. The molecule has 0 spiro atoms. The zero-order chi connectivity index (χ0) is 13.2. The standard InChI is InChI=1S/C16H26N2/c1-13-8-4-5-9-14(13)12-15(17)16(2,3)18-10-6-7-11-18/h4-5,8-9,15H,6-7,10-12,17H2,1-3H3. The summed E-state index contributed by atoms with van der Waals surface area (Å²) < 4.78 is 0. The van der Waals surface area contributed by atoms with Gasteiger partial charge in [-0.2, -0.15) is 0 Å². The summed E-state index contributed by atoms with van der Waals surface area (Å²) in [4.78, 5) is 2.55. The van der Waals surface area contributed by atoms with Crippen molar-refractivity contribution in [2.24, 2.45) is 5.73 Å². The number of benzene rings is 1. The molecule has 1 aliphatic rings. The molecule has 1 fully saturated rings. The van der Waals surface area contributed by atoms with Gasteiger partial charge in [0.1, 0.15) is 0 Å². The molecule has 1 saturated heterocycles. The van der Waals surface area contributed by atoms with Gasteiger partial charge in [-0.1, -0.05) is 24.3 Å². The summed E-state index contributed by atoms with van der Waals surface area (Å²) in [5.74, 6) is 0. The fourth-order valence-corrected chi connectivity index (χ4v) is 2.85. The van der Waals surface area contributed by atoms with E-state index in [-0.39, 0.29) is 11.6 Å². The molecule has 0 saturated carbocycles. The normalized spacial score (nSPS) is 19.1. The maximum absolute atomic E-state index is 6.49. The zero-order valence-corrected chi connectivity index (χ0v) is 11.9. The maximum atomic E-state index is 6.49. The van der Waals surface area contributed by atoms with Crippen LogP contribution < -0.4 is 5.73 Å². The van der Waals surface area contributed by atoms with E-state index in [0.717, 1.165) is 6.42 Å². The average molecular weight is 246 g/mol. The quantitative estimate of drug-likeness (QED) is 0.885. The lowest BCUT2D eigenvalue weighted by molar-refractivity contribution is 0.123. The van der Waals surface area contributed by atoms with Crippen LogP contribution in [0.15, 0.2) is 24.3 Å². The Morgan fingerprint density at radius 1 is 1.22 bits per heavy atom. The molecule has 1 aromatic carbocycles. The Morgan fingerprint density at radius 3 is 2.44 bits per heavy atom. The molecule has 1 aliphatic heterocycles. The molecular weight excluding hydrogens is 220 g/mol. The van der Waals surface area contributed by atoms with Crippen LogP contribution in [-0.4, -0.2) is 29.6 Å². The van der Waals surface area contributed by atoms with E-state index in [1.807, 2.05) is 0 Å². The van der Waals surface area contributed by atoms with Crippen molar-refractivity contribution < 1.29 is 0 Å². The highest BCUT2D eigenvalue weighted by molar-refractivity contribution is 5.27. The second kappa shape index (κ2) is 5.41. The van der Waals surface area contributed by atoms with Crippen molar-refractivity contribution in [1.29, 1.82) is 0 Å². The van der Waals surface area contributed by atoms with Crippen molar-refractivity contribution in [3.05, 3.63) is 35.4 Å². The molecule has 2 N–H and O–H groups in total. The lowest BCUT2D eigenvalue weighted by Crippen LogP contribution is -2.56. The molecule has 2 heteroatoms. The van der Waals surface area contributed by atoms with Gasteiger partial charge in [-0.15, -0.1) is 0 Å². The third kappa shape index (κ3) is 2.76. The molecule has 0 amide bonds. The molecule has 0 aromatic heterocycles. The van der Waals surface area contributed by atoms with Crippen LogP contribution in [0.5, 0.6) is 0 Å². The molecular formula is C16H26N2. The maximum Gasteiger partial charge on any atom is 0.0307 e. The van der Waals surface area contributed by atoms with E-state index in [4.69, 9.17) is 5.73 Å². The number of nitrogens with two attached hydrogens (primary N) is 1. The molecule has 1 unspecified atom stereocenters. The van der Waals surface area contributed by atoms with E-state index in [9.17, 15) is 0 Å². The molecule has 0 aliphatic carbocycles. The minimum absolute atomic E-state index is 0.0960. The van der Waals surface area contributed by atoms with Crippen LogP contribution in [0.25, 0.3) is 0 Å². The topological polar surface area (TPSA) is 29.3 Å². The molecule has 1 heterocycles. The minimum Gasteiger partial charge on any atom is -0.326 e. The van der Waals surface area contributed by atoms with Gasteiger partial charge >= 0.3 is 0 Å². The fraction of sp³-hybridized carbons (Fsp3) is 0.625. The minimum atomic E-state index is 0.0960. The summed E-state index contributed by atoms with van der Waals surface area (Å²) in [6.07, 6.45) is 3.61. The van der Waals surface area contributed by atoms with Crippen molar-refractivity contribution in [2.75, 3.05) is 13.1 Å². The van der Waals surface area contributed by atoms with E-state index in [2.05, 4.69) is 49.9 Å². The smallest absolute Gasteiger partial charge is 0.0307 e. The van der Waals surface area contributed by atoms with E-state index in [1.165, 1.54) is 37.1 Å². The van der Waals surface area contributed by atoms with Gasteiger partial charge in [0.25, 0.3) is 0 Å². The number of hydrogen-bond donors (Lipinski definition) is 1. The highest BCUT2D eigenvalue weighted by Crippen LogP contribution is 2.25. The van der Waals surface area contributed by atoms with Crippen molar-refractivity contribution >= 4 is 0 Å². The Balaban J connectivity index is 2.07. The SMILES string of the molecule is Cc1ccccc1CC(N)C(C)(C)N1CCCC1. The Labute approximate surface area is 111 Å². The molecule has 2 rings (SSSR count). The lowest BCUT2D eigenvalue weighted by atomic mass is 9.87. The van der Waals surface area contributed by atoms with Crippen LogP contribution in [0.1, 0.15) is 37.8 Å². The number of likely N-dealkylation sites (tertiary alicyclic amines) is 1. The van der Waals surface area contributed by atoms with Crippen molar-refractivity contribution in [2.45, 2.75) is 51.6 Å². The number of hydrogen-bond acceptors (Lipinski definition) is 2. The Kier molecular flexibility index (Phi) is 4.08. The first-order chi connectivity index (χ1) is 8.51. The summed E-state index contributed by atoms with van der Waals surface area (Å²) in [6, 6.07) is 8.77. The van der Waals surface area contributed by atoms with Gasteiger partial charge in [0.15, 0.2) is 0 Å². The second-order valence-corrected chi connectivity index (χ2v) is 6.08. The Hall–Kier alpha value is -0.860. The molecule has 2 nitrogen and oxygen atoms in total. The van der Waals surface area contributed by atoms with E-state index >= 15 is 0 Å². The zero-order valence-electron chi connectivity index (χ0n) is 11.9. The first-order valence-corrected chi connectivity index (χ1v) is 7.07. The third-order valence-electron chi connectivity index (χ3n) is 4.53. The summed E-state index contributed by atoms with van der Waals surface area (Å²) in [7, 11) is 0. The summed E-state index contributed by atoms with van der Waals surface area (Å²) >= 11 is 0. The van der Waals surface area contributed by atoms with Gasteiger partial charge < -0.3 is 5.73 Å². The Morgan fingerprint density at radius 2 is 1.83 bits per heavy atom. The van der Waals surface area contributed by atoms with Crippen LogP contribution in [0, 0.1) is 6.92 Å². The monoisotopic (exact) mass is 246 g/mol. The predicted molar refractivity (Wildman–Crippen MR) is 77.7 cm³/mol. The highest BCUT2D eigenvalue weighted by Gasteiger charge is 2.34. The molecule has 1 atom stereocenters. The van der Waals surface area contributed by atoms with Crippen LogP contribution in [-0.2, 0) is 6.42 Å². The molecule has 100 valence electrons. The van der Waals surface area contributed by atoms with E-state index in [0.29, 0.717) is 0 Å². The first kappa shape index (κ1) is 13.6. The summed E-state index contributed by atoms with van der Waals surface area (Å²) in [6.45, 7) is 9.16. The van der Waals surface area contributed by atoms with Crippen LogP contribution in [0.4, 0.5) is 0 Å². The molecule has 1 aromatic rings. The van der Waals surface area contributed by atoms with Gasteiger partial charge in [0.05, 0.1) is 0 Å². The van der Waals surface area contributed by atoms with Crippen LogP contribution in [0.2, 0.25) is 0 Å². The first-order valence-electron chi connectivity index (χ1n) is 7.07. The average Bonchev–Trinajstić information content (AvgIpc) is 2.86. The summed E-state index contributed by atoms with van der Waals surface area (Å²) in [5.41, 5.74) is 9.32. The third-order valence-corrected chi connectivity index (χ3v) is 4.53. The van der Waals surface area contributed by atoms with Gasteiger partial charge in [0, 0.05) is 11.6 Å². The Bertz CT molecular complexity index is 392. The number of aryl methyl sites for hydroxylation is 1. The molecule has 18 heavy (non-hydrogen) atoms. The van der Waals surface area contributed by atoms with Gasteiger partial charge in [0.2, 0.25) is 0 Å². The van der Waals surface area contributed by atoms with Gasteiger partial charge in [-0.3, -0.25) is 4.90 Å². The van der Waals surface area contributed by atoms with Gasteiger partial charge in [-0.05, 0) is 64.3 Å². The second-order valence-electron chi connectivity index (χ2n) is 6.08. The molecule has 0 bridgehead atoms. The van der Waals surface area contributed by atoms with E-state index < -0.39 is 0 Å². The predicted octanol–water partition coefficient (Wildman–Crippen LogP) is 2.74. The van der Waals surface area contributed by atoms with Crippen molar-refractivity contribution in [3.8, 4) is 0 Å². The fourth-order valence-electron chi connectivity index (χ4n) is 2.85. The number of nitrogens with zero attached hydrogens (tertiary/aromatic N) is 1. The largest absolute Gasteiger partial charge is 0.326 e. The highest BCUT2D eigenvalue weighted by atomic mass is 15.2. The van der Waals surface area contributed by atoms with Crippen molar-refractivity contribution in [1.82, 2.24) is 4.90 Å². The number of rotatable bonds is 4.